The van der Waals surface area contributed by atoms with Gasteiger partial charge in [0.2, 0.25) is 0 Å². The lowest BCUT2D eigenvalue weighted by Crippen LogP contribution is -2.09. The molecule has 0 spiro atoms. The van der Waals surface area contributed by atoms with Crippen LogP contribution in [0, 0.1) is 0 Å². The second kappa shape index (κ2) is 16.9. The number of hydrogen-bond donors (Lipinski definition) is 3. The van der Waals surface area contributed by atoms with Gasteiger partial charge in [-0.05, 0) is 13.1 Å². The average molecular weight is 105 g/mol. The maximum absolute atomic E-state index is 4.00. The zero-order valence-corrected chi connectivity index (χ0v) is 5.07. The highest BCUT2D eigenvalue weighted by Crippen LogP contribution is 1.47. The van der Waals surface area contributed by atoms with E-state index in [-0.39, 0.29) is 0 Å². The Kier molecular flexibility index (Phi) is 24.1. The molecule has 0 aliphatic heterocycles. The van der Waals surface area contributed by atoms with Crippen molar-refractivity contribution in [2.45, 2.75) is 13.8 Å². The average Bonchev–Trinajstić information content (AvgIpc) is 1.75. The Labute approximate surface area is 45.0 Å². The smallest absolute Gasteiger partial charge is 0.00775 e. The van der Waals surface area contributed by atoms with Gasteiger partial charge in [-0.2, -0.15) is 0 Å². The monoisotopic (exact) mass is 105 g/mol. The lowest BCUT2D eigenvalue weighted by molar-refractivity contribution is 0.762. The van der Waals surface area contributed by atoms with Crippen LogP contribution < -0.4 is 17.0 Å². The van der Waals surface area contributed by atoms with Crippen LogP contribution in [0.2, 0.25) is 0 Å². The molecule has 0 aromatic carbocycles. The molecule has 0 saturated heterocycles. The summed E-state index contributed by atoms with van der Waals surface area (Å²) in [6.45, 7) is 6.39. The molecule has 0 rings (SSSR count). The summed E-state index contributed by atoms with van der Waals surface area (Å²) in [5, 5.41) is 3.11. The Morgan fingerprint density at radius 2 is 1.43 bits per heavy atom. The van der Waals surface area contributed by atoms with Crippen molar-refractivity contribution in [3.63, 3.8) is 0 Å². The molecule has 0 aromatic rings. The Morgan fingerprint density at radius 1 is 1.14 bits per heavy atom. The Bertz CT molecular complexity index is 14.4. The van der Waals surface area contributed by atoms with Gasteiger partial charge >= 0.3 is 0 Å². The van der Waals surface area contributed by atoms with Crippen LogP contribution in [-0.4, -0.2) is 13.1 Å². The quantitative estimate of drug-likeness (QED) is 0.325. The van der Waals surface area contributed by atoms with E-state index in [0.717, 1.165) is 13.1 Å². The van der Waals surface area contributed by atoms with Crippen molar-refractivity contribution in [2.75, 3.05) is 13.1 Å². The Hall–Kier alpha value is -0.120. The molecule has 0 saturated carbocycles. The highest BCUT2D eigenvalue weighted by atomic mass is 15.0. The molecule has 46 valence electrons. The lowest BCUT2D eigenvalue weighted by atomic mass is 10.7. The molecule has 3 heteroatoms. The van der Waals surface area contributed by atoms with Gasteiger partial charge in [-0.15, -0.1) is 0 Å². The first-order valence-corrected chi connectivity index (χ1v) is 2.45. The summed E-state index contributed by atoms with van der Waals surface area (Å²) in [7, 11) is 0. The van der Waals surface area contributed by atoms with Gasteiger partial charge in [0.05, 0.1) is 0 Å². The largest absolute Gasteiger partial charge is 0.317 e. The van der Waals surface area contributed by atoms with Crippen LogP contribution in [0.5, 0.6) is 0 Å². The van der Waals surface area contributed by atoms with Crippen LogP contribution in [0.1, 0.15) is 13.8 Å². The van der Waals surface area contributed by atoms with Crippen LogP contribution in [0.15, 0.2) is 0 Å². The minimum absolute atomic E-state index is 1.09. The fraction of sp³-hybridized carbons (Fsp3) is 1.00. The Balaban J connectivity index is 0. The zero-order chi connectivity index (χ0) is 6.12. The lowest BCUT2D eigenvalue weighted by Gasteiger charge is -1.86. The van der Waals surface area contributed by atoms with E-state index in [0.29, 0.717) is 0 Å². The topological polar surface area (TPSA) is 64.1 Å². The van der Waals surface area contributed by atoms with Crippen molar-refractivity contribution in [2.24, 2.45) is 11.7 Å². The molecule has 0 fully saturated rings. The van der Waals surface area contributed by atoms with Gasteiger partial charge in [-0.3, -0.25) is 11.7 Å². The van der Waals surface area contributed by atoms with Crippen LogP contribution in [-0.2, 0) is 0 Å². The summed E-state index contributed by atoms with van der Waals surface area (Å²) in [4.78, 5) is 0. The minimum atomic E-state index is 1.09. The van der Waals surface area contributed by atoms with Gasteiger partial charge < -0.3 is 5.32 Å². The summed E-state index contributed by atoms with van der Waals surface area (Å²) in [6, 6.07) is 0. The van der Waals surface area contributed by atoms with E-state index in [2.05, 4.69) is 30.8 Å². The fourth-order valence-electron chi connectivity index (χ4n) is 0.250. The first kappa shape index (κ1) is 9.99. The van der Waals surface area contributed by atoms with Crippen molar-refractivity contribution < 1.29 is 0 Å². The summed E-state index contributed by atoms with van der Waals surface area (Å²) < 4.78 is 0. The highest BCUT2D eigenvalue weighted by molar-refractivity contribution is 4.27. The molecular formula is C4H15N3. The van der Waals surface area contributed by atoms with E-state index in [9.17, 15) is 0 Å². The molecule has 0 heterocycles. The molecule has 5 N–H and O–H groups in total. The van der Waals surface area contributed by atoms with Crippen LogP contribution in [0.4, 0.5) is 0 Å². The van der Waals surface area contributed by atoms with E-state index >= 15 is 0 Å². The fourth-order valence-corrected chi connectivity index (χ4v) is 0.250. The van der Waals surface area contributed by atoms with Gasteiger partial charge in [0, 0.05) is 0 Å². The summed E-state index contributed by atoms with van der Waals surface area (Å²) >= 11 is 0. The van der Waals surface area contributed by atoms with Gasteiger partial charge in [0.15, 0.2) is 0 Å². The van der Waals surface area contributed by atoms with Gasteiger partial charge in [0.1, 0.15) is 0 Å². The number of hydrazine groups is 1. The molecule has 0 bridgehead atoms. The molecule has 0 aliphatic rings. The van der Waals surface area contributed by atoms with Crippen molar-refractivity contribution in [1.82, 2.24) is 5.32 Å². The van der Waals surface area contributed by atoms with Crippen LogP contribution in [0.3, 0.4) is 0 Å². The van der Waals surface area contributed by atoms with Gasteiger partial charge in [-0.25, -0.2) is 0 Å². The SMILES string of the molecule is CCNCC.NN. The minimum Gasteiger partial charge on any atom is -0.317 e. The zero-order valence-electron chi connectivity index (χ0n) is 5.07. The summed E-state index contributed by atoms with van der Waals surface area (Å²) in [5.74, 6) is 8.00. The number of nitrogens with two attached hydrogens (primary N) is 2. The molecule has 7 heavy (non-hydrogen) atoms. The second-order valence-electron chi connectivity index (χ2n) is 0.957. The van der Waals surface area contributed by atoms with E-state index in [1.165, 1.54) is 0 Å². The van der Waals surface area contributed by atoms with Crippen LogP contribution >= 0.6 is 0 Å². The van der Waals surface area contributed by atoms with E-state index in [1.807, 2.05) is 0 Å². The molecular weight excluding hydrogens is 90.1 g/mol. The number of nitrogens with one attached hydrogen (secondary N) is 1. The van der Waals surface area contributed by atoms with Crippen LogP contribution in [0.25, 0.3) is 0 Å². The predicted molar refractivity (Wildman–Crippen MR) is 32.6 cm³/mol. The first-order chi connectivity index (χ1) is 3.41. The number of rotatable bonds is 2. The predicted octanol–water partition coefficient (Wildman–Crippen LogP) is -0.565. The molecule has 0 amide bonds. The summed E-state index contributed by atoms with van der Waals surface area (Å²) in [6.07, 6.45) is 0. The maximum Gasteiger partial charge on any atom is -0.00775 e. The summed E-state index contributed by atoms with van der Waals surface area (Å²) in [5.41, 5.74) is 0. The molecule has 3 nitrogen and oxygen atoms in total. The third kappa shape index (κ3) is 25.0. The van der Waals surface area contributed by atoms with Gasteiger partial charge in [0.25, 0.3) is 0 Å². The van der Waals surface area contributed by atoms with Gasteiger partial charge in [-0.1, -0.05) is 13.8 Å². The van der Waals surface area contributed by atoms with Crippen molar-refractivity contribution in [3.05, 3.63) is 0 Å². The van der Waals surface area contributed by atoms with E-state index in [1.54, 1.807) is 0 Å². The standard InChI is InChI=1S/C4H11N.H4N2/c1-3-5-4-2;1-2/h5H,3-4H2,1-2H3;1-2H2. The molecule has 0 aromatic heterocycles. The third-order valence-corrected chi connectivity index (χ3v) is 0.500. The maximum atomic E-state index is 4.00. The molecule has 0 aliphatic carbocycles. The molecule has 0 atom stereocenters. The second-order valence-corrected chi connectivity index (χ2v) is 0.957. The normalized spacial score (nSPS) is 6.86. The van der Waals surface area contributed by atoms with Crippen molar-refractivity contribution in [1.29, 1.82) is 0 Å². The van der Waals surface area contributed by atoms with Crippen molar-refractivity contribution >= 4 is 0 Å². The number of hydrogen-bond acceptors (Lipinski definition) is 3. The van der Waals surface area contributed by atoms with Crippen molar-refractivity contribution in [3.8, 4) is 0 Å². The Morgan fingerprint density at radius 3 is 1.43 bits per heavy atom. The molecule has 0 unspecified atom stereocenters. The van der Waals surface area contributed by atoms with E-state index in [4.69, 9.17) is 0 Å². The third-order valence-electron chi connectivity index (χ3n) is 0.500. The molecule has 0 radical (unpaired) electrons. The van der Waals surface area contributed by atoms with E-state index < -0.39 is 0 Å². The first-order valence-electron chi connectivity index (χ1n) is 2.45. The highest BCUT2D eigenvalue weighted by Gasteiger charge is 1.62.